The zero-order valence-electron chi connectivity index (χ0n) is 16.3. The normalized spacial score (nSPS) is 15.3. The fraction of sp³-hybridized carbons (Fsp3) is 0.273. The van der Waals surface area contributed by atoms with Gasteiger partial charge in [-0.25, -0.2) is 0 Å². The smallest absolute Gasteiger partial charge is 0.293 e. The van der Waals surface area contributed by atoms with E-state index in [0.29, 0.717) is 29.6 Å². The number of methoxy groups -OCH3 is 1. The SMILES string of the molecule is CCCCN1C(=O)S/C(=C\c2cc(OC)c(OCc3ccccc3)cc2Br)C1=O. The molecule has 2 amide bonds. The van der Waals surface area contributed by atoms with Crippen LogP contribution in [0, 0.1) is 0 Å². The van der Waals surface area contributed by atoms with E-state index in [2.05, 4.69) is 15.9 Å². The molecule has 0 spiro atoms. The van der Waals surface area contributed by atoms with E-state index in [1.54, 1.807) is 19.3 Å². The Labute approximate surface area is 183 Å². The number of thioether (sulfide) groups is 1. The van der Waals surface area contributed by atoms with Crippen molar-refractivity contribution >= 4 is 44.9 Å². The molecule has 1 heterocycles. The predicted molar refractivity (Wildman–Crippen MR) is 119 cm³/mol. The predicted octanol–water partition coefficient (Wildman–Crippen LogP) is 5.87. The van der Waals surface area contributed by atoms with Gasteiger partial charge in [0, 0.05) is 11.0 Å². The molecule has 7 heteroatoms. The molecule has 3 rings (SSSR count). The van der Waals surface area contributed by atoms with Gasteiger partial charge in [0.1, 0.15) is 6.61 Å². The van der Waals surface area contributed by atoms with Crippen LogP contribution in [-0.4, -0.2) is 29.7 Å². The van der Waals surface area contributed by atoms with Crippen molar-refractivity contribution in [2.75, 3.05) is 13.7 Å². The van der Waals surface area contributed by atoms with E-state index < -0.39 is 0 Å². The number of hydrogen-bond acceptors (Lipinski definition) is 5. The first-order chi connectivity index (χ1) is 14.0. The minimum Gasteiger partial charge on any atom is -0.493 e. The van der Waals surface area contributed by atoms with Gasteiger partial charge < -0.3 is 9.47 Å². The summed E-state index contributed by atoms with van der Waals surface area (Å²) in [6.45, 7) is 2.90. The zero-order chi connectivity index (χ0) is 20.8. The summed E-state index contributed by atoms with van der Waals surface area (Å²) in [6, 6.07) is 13.5. The number of hydrogen-bond donors (Lipinski definition) is 0. The molecule has 1 aliphatic rings. The Morgan fingerprint density at radius 1 is 1.14 bits per heavy atom. The van der Waals surface area contributed by atoms with Crippen molar-refractivity contribution in [1.29, 1.82) is 0 Å². The Kier molecular flexibility index (Phi) is 7.39. The summed E-state index contributed by atoms with van der Waals surface area (Å²) >= 11 is 4.50. The Bertz CT molecular complexity index is 930. The van der Waals surface area contributed by atoms with Gasteiger partial charge in [-0.05, 0) is 47.5 Å². The molecule has 5 nitrogen and oxygen atoms in total. The molecular weight excluding hydrogens is 454 g/mol. The van der Waals surface area contributed by atoms with Crippen molar-refractivity contribution in [1.82, 2.24) is 4.90 Å². The lowest BCUT2D eigenvalue weighted by molar-refractivity contribution is -0.122. The van der Waals surface area contributed by atoms with E-state index in [-0.39, 0.29) is 11.1 Å². The second kappa shape index (κ2) is 9.98. The lowest BCUT2D eigenvalue weighted by Crippen LogP contribution is -2.29. The number of nitrogens with zero attached hydrogens (tertiary/aromatic N) is 1. The van der Waals surface area contributed by atoms with E-state index in [4.69, 9.17) is 9.47 Å². The molecule has 0 bridgehead atoms. The van der Waals surface area contributed by atoms with E-state index in [9.17, 15) is 9.59 Å². The highest BCUT2D eigenvalue weighted by molar-refractivity contribution is 9.10. The Morgan fingerprint density at radius 3 is 2.59 bits per heavy atom. The average Bonchev–Trinajstić information content (AvgIpc) is 2.99. The molecule has 0 radical (unpaired) electrons. The summed E-state index contributed by atoms with van der Waals surface area (Å²) in [7, 11) is 1.57. The minimum atomic E-state index is -0.247. The number of unbranched alkanes of at least 4 members (excludes halogenated alkanes) is 1. The Morgan fingerprint density at radius 2 is 1.90 bits per heavy atom. The number of carbonyl (C=O) groups excluding carboxylic acids is 2. The first-order valence-electron chi connectivity index (χ1n) is 9.33. The van der Waals surface area contributed by atoms with Crippen LogP contribution in [0.15, 0.2) is 51.8 Å². The van der Waals surface area contributed by atoms with Crippen LogP contribution in [-0.2, 0) is 11.4 Å². The van der Waals surface area contributed by atoms with Gasteiger partial charge in [0.25, 0.3) is 11.1 Å². The van der Waals surface area contributed by atoms with Gasteiger partial charge in [0.2, 0.25) is 0 Å². The van der Waals surface area contributed by atoms with Crippen LogP contribution in [0.3, 0.4) is 0 Å². The lowest BCUT2D eigenvalue weighted by atomic mass is 10.1. The zero-order valence-corrected chi connectivity index (χ0v) is 18.7. The molecule has 0 unspecified atom stereocenters. The molecule has 2 aromatic rings. The van der Waals surface area contributed by atoms with Crippen molar-refractivity contribution in [3.05, 3.63) is 63.0 Å². The van der Waals surface area contributed by atoms with Crippen LogP contribution in [0.5, 0.6) is 11.5 Å². The van der Waals surface area contributed by atoms with E-state index >= 15 is 0 Å². The number of halogens is 1. The number of imide groups is 1. The van der Waals surface area contributed by atoms with Gasteiger partial charge in [-0.3, -0.25) is 14.5 Å². The second-order valence-corrected chi connectivity index (χ2v) is 8.33. The third-order valence-electron chi connectivity index (χ3n) is 4.42. The van der Waals surface area contributed by atoms with Crippen LogP contribution in [0.4, 0.5) is 4.79 Å². The standard InChI is InChI=1S/C22H22BrNO4S/c1-3-4-10-24-21(25)20(29-22(24)26)12-16-11-18(27-2)19(13-17(16)23)28-14-15-8-6-5-7-9-15/h5-9,11-13H,3-4,10,14H2,1-2H3/b20-12-. The molecule has 0 aromatic heterocycles. The largest absolute Gasteiger partial charge is 0.493 e. The van der Waals surface area contributed by atoms with Crippen LogP contribution in [0.1, 0.15) is 30.9 Å². The lowest BCUT2D eigenvalue weighted by Gasteiger charge is -2.13. The van der Waals surface area contributed by atoms with Crippen molar-refractivity contribution in [2.45, 2.75) is 26.4 Å². The summed E-state index contributed by atoms with van der Waals surface area (Å²) in [5.74, 6) is 0.903. The highest BCUT2D eigenvalue weighted by Crippen LogP contribution is 2.38. The molecule has 0 N–H and O–H groups in total. The summed E-state index contributed by atoms with van der Waals surface area (Å²) in [6.07, 6.45) is 3.44. The molecule has 1 fully saturated rings. The van der Waals surface area contributed by atoms with Crippen molar-refractivity contribution in [2.24, 2.45) is 0 Å². The maximum atomic E-state index is 12.6. The maximum absolute atomic E-state index is 12.6. The fourth-order valence-corrected chi connectivity index (χ4v) is 4.11. The number of rotatable bonds is 8. The van der Waals surface area contributed by atoms with Crippen LogP contribution in [0.2, 0.25) is 0 Å². The molecule has 0 saturated carbocycles. The van der Waals surface area contributed by atoms with Crippen LogP contribution >= 0.6 is 27.7 Å². The number of ether oxygens (including phenoxy) is 2. The van der Waals surface area contributed by atoms with Gasteiger partial charge >= 0.3 is 0 Å². The summed E-state index contributed by atoms with van der Waals surface area (Å²) in [5, 5.41) is -0.222. The highest BCUT2D eigenvalue weighted by atomic mass is 79.9. The average molecular weight is 476 g/mol. The number of benzene rings is 2. The van der Waals surface area contributed by atoms with Gasteiger partial charge in [0.05, 0.1) is 12.0 Å². The molecular formula is C22H22BrNO4S. The second-order valence-electron chi connectivity index (χ2n) is 6.49. The van der Waals surface area contributed by atoms with Gasteiger partial charge in [0.15, 0.2) is 11.5 Å². The Balaban J connectivity index is 1.81. The molecule has 1 saturated heterocycles. The Hall–Kier alpha value is -2.25. The minimum absolute atomic E-state index is 0.222. The molecule has 1 aliphatic heterocycles. The summed E-state index contributed by atoms with van der Waals surface area (Å²) < 4.78 is 12.1. The van der Waals surface area contributed by atoms with Crippen LogP contribution in [0.25, 0.3) is 6.08 Å². The van der Waals surface area contributed by atoms with Gasteiger partial charge in [-0.1, -0.05) is 59.6 Å². The van der Waals surface area contributed by atoms with Gasteiger partial charge in [-0.15, -0.1) is 0 Å². The number of carbonyl (C=O) groups is 2. The molecule has 0 aliphatic carbocycles. The summed E-state index contributed by atoms with van der Waals surface area (Å²) in [4.78, 5) is 26.4. The van der Waals surface area contributed by atoms with E-state index in [1.807, 2.05) is 43.3 Å². The number of amides is 2. The van der Waals surface area contributed by atoms with E-state index in [0.717, 1.165) is 40.2 Å². The van der Waals surface area contributed by atoms with Gasteiger partial charge in [-0.2, -0.15) is 0 Å². The monoisotopic (exact) mass is 475 g/mol. The summed E-state index contributed by atoms with van der Waals surface area (Å²) in [5.41, 5.74) is 1.80. The fourth-order valence-electron chi connectivity index (χ4n) is 2.82. The third kappa shape index (κ3) is 5.22. The molecule has 0 atom stereocenters. The molecule has 152 valence electrons. The molecule has 2 aromatic carbocycles. The highest BCUT2D eigenvalue weighted by Gasteiger charge is 2.34. The first kappa shape index (κ1) is 21.5. The molecule has 29 heavy (non-hydrogen) atoms. The maximum Gasteiger partial charge on any atom is 0.293 e. The topological polar surface area (TPSA) is 55.8 Å². The van der Waals surface area contributed by atoms with E-state index in [1.165, 1.54) is 4.90 Å². The van der Waals surface area contributed by atoms with Crippen molar-refractivity contribution in [3.8, 4) is 11.5 Å². The van der Waals surface area contributed by atoms with Crippen LogP contribution < -0.4 is 9.47 Å². The third-order valence-corrected chi connectivity index (χ3v) is 6.01. The first-order valence-corrected chi connectivity index (χ1v) is 10.9. The van der Waals surface area contributed by atoms with Crippen molar-refractivity contribution in [3.63, 3.8) is 0 Å². The van der Waals surface area contributed by atoms with Crippen molar-refractivity contribution < 1.29 is 19.1 Å². The quantitative estimate of drug-likeness (QED) is 0.446.